The Bertz CT molecular complexity index is 502. The fraction of sp³-hybridized carbons (Fsp3) is 0.929. The van der Waals surface area contributed by atoms with Gasteiger partial charge in [0.1, 0.15) is 0 Å². The molecule has 21 heavy (non-hydrogen) atoms. The van der Waals surface area contributed by atoms with Crippen molar-refractivity contribution in [3.8, 4) is 0 Å². The number of amides is 2. The lowest BCUT2D eigenvalue weighted by Gasteiger charge is -2.24. The number of likely N-dealkylation sites (tertiary alicyclic amines) is 1. The van der Waals surface area contributed by atoms with Crippen LogP contribution in [0.3, 0.4) is 0 Å². The molecule has 2 amide bonds. The molecule has 0 radical (unpaired) electrons. The van der Waals surface area contributed by atoms with Crippen LogP contribution < -0.4 is 5.32 Å². The molecule has 0 spiro atoms. The molecule has 6 nitrogen and oxygen atoms in total. The van der Waals surface area contributed by atoms with E-state index in [1.165, 1.54) is 17.1 Å². The first-order valence-corrected chi connectivity index (χ1v) is 9.49. The van der Waals surface area contributed by atoms with E-state index < -0.39 is 10.0 Å². The van der Waals surface area contributed by atoms with E-state index in [0.29, 0.717) is 32.1 Å². The standard InChI is InChI=1S/C14H25N3O3S/c1-16-10-11-6-8-17(9-7-13(11)21(16,19)20)14(18)15-12-4-2-3-5-12/h11-13H,2-10H2,1H3,(H,15,18)/t11-,13-/m1/s1. The van der Waals surface area contributed by atoms with Gasteiger partial charge in [0.15, 0.2) is 0 Å². The van der Waals surface area contributed by atoms with Crippen LogP contribution >= 0.6 is 0 Å². The Morgan fingerprint density at radius 2 is 1.76 bits per heavy atom. The molecule has 0 unspecified atom stereocenters. The van der Waals surface area contributed by atoms with E-state index in [-0.39, 0.29) is 17.2 Å². The van der Waals surface area contributed by atoms with Crippen molar-refractivity contribution in [1.82, 2.24) is 14.5 Å². The van der Waals surface area contributed by atoms with Crippen LogP contribution in [0.25, 0.3) is 0 Å². The Labute approximate surface area is 126 Å². The van der Waals surface area contributed by atoms with Crippen molar-refractivity contribution in [3.63, 3.8) is 0 Å². The Morgan fingerprint density at radius 3 is 2.48 bits per heavy atom. The van der Waals surface area contributed by atoms with E-state index in [1.54, 1.807) is 7.05 Å². The summed E-state index contributed by atoms with van der Waals surface area (Å²) in [6.45, 7) is 1.82. The molecular formula is C14H25N3O3S. The van der Waals surface area contributed by atoms with Gasteiger partial charge in [-0.15, -0.1) is 0 Å². The monoisotopic (exact) mass is 315 g/mol. The fourth-order valence-electron chi connectivity index (χ4n) is 3.94. The average Bonchev–Trinajstić information content (AvgIpc) is 2.92. The van der Waals surface area contributed by atoms with Crippen molar-refractivity contribution in [2.45, 2.75) is 49.8 Å². The summed E-state index contributed by atoms with van der Waals surface area (Å²) < 4.78 is 26.0. The molecule has 3 fully saturated rings. The van der Waals surface area contributed by atoms with Crippen molar-refractivity contribution in [3.05, 3.63) is 0 Å². The Balaban J connectivity index is 1.60. The van der Waals surface area contributed by atoms with Crippen molar-refractivity contribution in [1.29, 1.82) is 0 Å². The third-order valence-corrected chi connectivity index (χ3v) is 7.66. The molecule has 2 saturated heterocycles. The molecule has 1 saturated carbocycles. The van der Waals surface area contributed by atoms with Gasteiger partial charge in [-0.25, -0.2) is 17.5 Å². The maximum absolute atomic E-state index is 12.3. The second-order valence-electron chi connectivity index (χ2n) is 6.62. The number of nitrogens with zero attached hydrogens (tertiary/aromatic N) is 2. The fourth-order valence-corrected chi connectivity index (χ4v) is 5.92. The minimum Gasteiger partial charge on any atom is -0.335 e. The first kappa shape index (κ1) is 15.1. The zero-order chi connectivity index (χ0) is 15.0. The first-order valence-electron chi connectivity index (χ1n) is 7.99. The van der Waals surface area contributed by atoms with Gasteiger partial charge in [-0.2, -0.15) is 0 Å². The summed E-state index contributed by atoms with van der Waals surface area (Å²) in [5.41, 5.74) is 0. The van der Waals surface area contributed by atoms with E-state index in [2.05, 4.69) is 5.32 Å². The molecule has 120 valence electrons. The summed E-state index contributed by atoms with van der Waals surface area (Å²) in [6.07, 6.45) is 5.88. The number of sulfonamides is 1. The van der Waals surface area contributed by atoms with E-state index in [0.717, 1.165) is 19.3 Å². The van der Waals surface area contributed by atoms with Crippen LogP contribution in [0.4, 0.5) is 4.79 Å². The number of urea groups is 1. The van der Waals surface area contributed by atoms with Gasteiger partial charge in [0, 0.05) is 32.7 Å². The van der Waals surface area contributed by atoms with Crippen molar-refractivity contribution < 1.29 is 13.2 Å². The maximum Gasteiger partial charge on any atom is 0.317 e. The summed E-state index contributed by atoms with van der Waals surface area (Å²) in [5.74, 6) is 0.171. The van der Waals surface area contributed by atoms with Gasteiger partial charge in [0.05, 0.1) is 5.25 Å². The molecule has 0 aromatic carbocycles. The van der Waals surface area contributed by atoms with Crippen molar-refractivity contribution in [2.75, 3.05) is 26.7 Å². The Kier molecular flexibility index (Phi) is 4.14. The van der Waals surface area contributed by atoms with Gasteiger partial charge >= 0.3 is 6.03 Å². The summed E-state index contributed by atoms with van der Waals surface area (Å²) in [5, 5.41) is 2.80. The third-order valence-electron chi connectivity index (χ3n) is 5.26. The van der Waals surface area contributed by atoms with Crippen LogP contribution in [0, 0.1) is 5.92 Å². The van der Waals surface area contributed by atoms with Crippen molar-refractivity contribution in [2.24, 2.45) is 5.92 Å². The number of nitrogens with one attached hydrogen (secondary N) is 1. The van der Waals surface area contributed by atoms with Gasteiger partial charge < -0.3 is 10.2 Å². The zero-order valence-electron chi connectivity index (χ0n) is 12.6. The number of rotatable bonds is 1. The SMILES string of the molecule is CN1C[C@H]2CCN(C(=O)NC3CCCC3)CC[C@H]2S1(=O)=O. The first-order chi connectivity index (χ1) is 9.98. The van der Waals surface area contributed by atoms with Crippen LogP contribution in [0.5, 0.6) is 0 Å². The zero-order valence-corrected chi connectivity index (χ0v) is 13.4. The molecule has 0 aromatic heterocycles. The van der Waals surface area contributed by atoms with Gasteiger partial charge in [-0.3, -0.25) is 0 Å². The highest BCUT2D eigenvalue weighted by molar-refractivity contribution is 7.90. The van der Waals surface area contributed by atoms with Crippen LogP contribution in [0.2, 0.25) is 0 Å². The predicted molar refractivity (Wildman–Crippen MR) is 80.4 cm³/mol. The molecule has 3 aliphatic rings. The van der Waals surface area contributed by atoms with Gasteiger partial charge in [0.2, 0.25) is 10.0 Å². The topological polar surface area (TPSA) is 69.7 Å². The molecule has 2 atom stereocenters. The molecule has 1 N–H and O–H groups in total. The second-order valence-corrected chi connectivity index (χ2v) is 8.88. The van der Waals surface area contributed by atoms with E-state index in [4.69, 9.17) is 0 Å². The van der Waals surface area contributed by atoms with Crippen LogP contribution in [-0.4, -0.2) is 61.6 Å². The van der Waals surface area contributed by atoms with E-state index in [9.17, 15) is 13.2 Å². The molecular weight excluding hydrogens is 290 g/mol. The van der Waals surface area contributed by atoms with Gasteiger partial charge in [-0.1, -0.05) is 12.8 Å². The molecule has 3 rings (SSSR count). The van der Waals surface area contributed by atoms with Gasteiger partial charge in [-0.05, 0) is 31.6 Å². The molecule has 1 aliphatic carbocycles. The highest BCUT2D eigenvalue weighted by Crippen LogP contribution is 2.33. The predicted octanol–water partition coefficient (Wildman–Crippen LogP) is 0.994. The lowest BCUT2D eigenvalue weighted by atomic mass is 10.0. The normalized spacial score (nSPS) is 33.7. The number of fused-ring (bicyclic) bond motifs is 1. The Hall–Kier alpha value is -0.820. The summed E-state index contributed by atoms with van der Waals surface area (Å²) in [4.78, 5) is 14.1. The quantitative estimate of drug-likeness (QED) is 0.784. The average molecular weight is 315 g/mol. The maximum atomic E-state index is 12.3. The molecule has 2 aliphatic heterocycles. The van der Waals surface area contributed by atoms with Crippen LogP contribution in [0.1, 0.15) is 38.5 Å². The lowest BCUT2D eigenvalue weighted by molar-refractivity contribution is 0.194. The minimum absolute atomic E-state index is 0.00683. The largest absolute Gasteiger partial charge is 0.335 e. The number of hydrogen-bond acceptors (Lipinski definition) is 3. The molecule has 0 aromatic rings. The van der Waals surface area contributed by atoms with Crippen LogP contribution in [-0.2, 0) is 10.0 Å². The second kappa shape index (κ2) is 5.76. The van der Waals surface area contributed by atoms with E-state index >= 15 is 0 Å². The number of hydrogen-bond donors (Lipinski definition) is 1. The van der Waals surface area contributed by atoms with E-state index in [1.807, 2.05) is 4.90 Å². The highest BCUT2D eigenvalue weighted by Gasteiger charge is 2.45. The van der Waals surface area contributed by atoms with Crippen molar-refractivity contribution >= 4 is 16.1 Å². The minimum atomic E-state index is -3.15. The summed E-state index contributed by atoms with van der Waals surface area (Å²) >= 11 is 0. The van der Waals surface area contributed by atoms with Gasteiger partial charge in [0.25, 0.3) is 0 Å². The number of carbonyl (C=O) groups is 1. The number of carbonyl (C=O) groups excluding carboxylic acids is 1. The molecule has 2 heterocycles. The third kappa shape index (κ3) is 2.90. The Morgan fingerprint density at radius 1 is 1.10 bits per heavy atom. The molecule has 7 heteroatoms. The summed E-state index contributed by atoms with van der Waals surface area (Å²) in [7, 11) is -1.48. The lowest BCUT2D eigenvalue weighted by Crippen LogP contribution is -2.44. The van der Waals surface area contributed by atoms with Crippen LogP contribution in [0.15, 0.2) is 0 Å². The summed E-state index contributed by atoms with van der Waals surface area (Å²) in [6, 6.07) is 0.308. The molecule has 0 bridgehead atoms. The highest BCUT2D eigenvalue weighted by atomic mass is 32.2. The smallest absolute Gasteiger partial charge is 0.317 e.